The van der Waals surface area contributed by atoms with Crippen molar-refractivity contribution in [2.45, 2.75) is 45.1 Å². The molecule has 4 heteroatoms. The van der Waals surface area contributed by atoms with E-state index in [2.05, 4.69) is 22.0 Å². The fraction of sp³-hybridized carbons (Fsp3) is 0.933. The maximum atomic E-state index is 12.0. The van der Waals surface area contributed by atoms with Gasteiger partial charge < -0.3 is 15.1 Å². The topological polar surface area (TPSA) is 35.6 Å². The molecule has 0 bridgehead atoms. The monoisotopic (exact) mass is 267 g/mol. The van der Waals surface area contributed by atoms with Crippen LogP contribution in [0.3, 0.4) is 0 Å². The van der Waals surface area contributed by atoms with E-state index in [-0.39, 0.29) is 5.91 Å². The molecule has 0 aromatic carbocycles. The summed E-state index contributed by atoms with van der Waals surface area (Å²) in [7, 11) is 1.84. The largest absolute Gasteiger partial charge is 0.341 e. The van der Waals surface area contributed by atoms with Crippen LogP contribution >= 0.6 is 0 Å². The number of carbonyl (C=O) groups excluding carboxylic acids is 1. The number of nitrogens with one attached hydrogen (secondary N) is 1. The van der Waals surface area contributed by atoms with Gasteiger partial charge in [-0.2, -0.15) is 0 Å². The molecule has 2 fully saturated rings. The Morgan fingerprint density at radius 1 is 1.21 bits per heavy atom. The zero-order valence-corrected chi connectivity index (χ0v) is 12.5. The highest BCUT2D eigenvalue weighted by atomic mass is 16.2. The molecule has 2 atom stereocenters. The minimum Gasteiger partial charge on any atom is -0.341 e. The molecule has 2 aliphatic rings. The van der Waals surface area contributed by atoms with Gasteiger partial charge >= 0.3 is 0 Å². The molecule has 0 aliphatic carbocycles. The highest BCUT2D eigenvalue weighted by molar-refractivity contribution is 5.78. The van der Waals surface area contributed by atoms with Crippen molar-refractivity contribution in [2.24, 2.45) is 5.92 Å². The molecule has 2 saturated heterocycles. The van der Waals surface area contributed by atoms with Crippen molar-refractivity contribution >= 4 is 5.91 Å². The predicted octanol–water partition coefficient (Wildman–Crippen LogP) is 1.32. The normalized spacial score (nSPS) is 29.5. The quantitative estimate of drug-likeness (QED) is 0.834. The van der Waals surface area contributed by atoms with Crippen LogP contribution in [0.25, 0.3) is 0 Å². The SMILES string of the molecule is CNCC(=O)N1CCC[C@@H](CN2CCCC[C@H]2C)C1. The van der Waals surface area contributed by atoms with Crippen LogP contribution in [-0.2, 0) is 4.79 Å². The van der Waals surface area contributed by atoms with E-state index in [1.54, 1.807) is 0 Å². The smallest absolute Gasteiger partial charge is 0.236 e. The third-order valence-electron chi connectivity index (χ3n) is 4.63. The number of hydrogen-bond acceptors (Lipinski definition) is 3. The average molecular weight is 267 g/mol. The van der Waals surface area contributed by atoms with Gasteiger partial charge in [-0.15, -0.1) is 0 Å². The summed E-state index contributed by atoms with van der Waals surface area (Å²) in [6.07, 6.45) is 6.53. The Morgan fingerprint density at radius 3 is 2.79 bits per heavy atom. The number of likely N-dealkylation sites (N-methyl/N-ethyl adjacent to an activating group) is 1. The molecular weight excluding hydrogens is 238 g/mol. The van der Waals surface area contributed by atoms with E-state index in [4.69, 9.17) is 0 Å². The molecule has 1 N–H and O–H groups in total. The van der Waals surface area contributed by atoms with Crippen LogP contribution < -0.4 is 5.32 Å². The van der Waals surface area contributed by atoms with E-state index in [0.717, 1.165) is 19.1 Å². The van der Waals surface area contributed by atoms with Crippen LogP contribution in [0.4, 0.5) is 0 Å². The first kappa shape index (κ1) is 14.8. The number of hydrogen-bond donors (Lipinski definition) is 1. The molecule has 1 amide bonds. The minimum atomic E-state index is 0.263. The van der Waals surface area contributed by atoms with Gasteiger partial charge in [0, 0.05) is 25.7 Å². The number of carbonyl (C=O) groups is 1. The Bertz CT molecular complexity index is 295. The van der Waals surface area contributed by atoms with Gasteiger partial charge in [0.05, 0.1) is 6.54 Å². The second-order valence-electron chi connectivity index (χ2n) is 6.22. The van der Waals surface area contributed by atoms with Gasteiger partial charge in [-0.05, 0) is 52.1 Å². The van der Waals surface area contributed by atoms with Crippen molar-refractivity contribution in [1.29, 1.82) is 0 Å². The van der Waals surface area contributed by atoms with Gasteiger partial charge in [-0.1, -0.05) is 6.42 Å². The zero-order chi connectivity index (χ0) is 13.7. The van der Waals surface area contributed by atoms with Crippen molar-refractivity contribution < 1.29 is 4.79 Å². The first-order valence-corrected chi connectivity index (χ1v) is 7.87. The summed E-state index contributed by atoms with van der Waals surface area (Å²) >= 11 is 0. The van der Waals surface area contributed by atoms with Crippen molar-refractivity contribution in [3.63, 3.8) is 0 Å². The Hall–Kier alpha value is -0.610. The Labute approximate surface area is 117 Å². The molecule has 110 valence electrons. The molecule has 0 saturated carbocycles. The third-order valence-corrected chi connectivity index (χ3v) is 4.63. The Morgan fingerprint density at radius 2 is 2.05 bits per heavy atom. The number of amides is 1. The highest BCUT2D eigenvalue weighted by Gasteiger charge is 2.27. The first-order valence-electron chi connectivity index (χ1n) is 7.87. The fourth-order valence-electron chi connectivity index (χ4n) is 3.46. The van der Waals surface area contributed by atoms with Crippen molar-refractivity contribution in [3.05, 3.63) is 0 Å². The maximum Gasteiger partial charge on any atom is 0.236 e. The number of nitrogens with zero attached hydrogens (tertiary/aromatic N) is 2. The van der Waals surface area contributed by atoms with Crippen LogP contribution in [0.15, 0.2) is 0 Å². The molecule has 0 spiro atoms. The molecule has 0 aromatic rings. The standard InChI is InChI=1S/C15H29N3O/c1-13-6-3-4-8-17(13)11-14-7-5-9-18(12-14)15(19)10-16-2/h13-14,16H,3-12H2,1-2H3/t13-,14+/m1/s1. The minimum absolute atomic E-state index is 0.263. The van der Waals surface area contributed by atoms with E-state index in [0.29, 0.717) is 12.5 Å². The lowest BCUT2D eigenvalue weighted by molar-refractivity contribution is -0.132. The van der Waals surface area contributed by atoms with Gasteiger partial charge in [-0.3, -0.25) is 4.79 Å². The molecule has 0 unspecified atom stereocenters. The summed E-state index contributed by atoms with van der Waals surface area (Å²) in [5.74, 6) is 0.939. The lowest BCUT2D eigenvalue weighted by Crippen LogP contribution is -2.48. The average Bonchev–Trinajstić information content (AvgIpc) is 2.42. The fourth-order valence-corrected chi connectivity index (χ4v) is 3.46. The van der Waals surface area contributed by atoms with Gasteiger partial charge in [0.1, 0.15) is 0 Å². The van der Waals surface area contributed by atoms with Crippen LogP contribution in [0.5, 0.6) is 0 Å². The Balaban J connectivity index is 1.81. The molecular formula is C15H29N3O. The van der Waals surface area contributed by atoms with Gasteiger partial charge in [0.25, 0.3) is 0 Å². The molecule has 19 heavy (non-hydrogen) atoms. The lowest BCUT2D eigenvalue weighted by Gasteiger charge is -2.39. The van der Waals surface area contributed by atoms with Gasteiger partial charge in [0.2, 0.25) is 5.91 Å². The van der Waals surface area contributed by atoms with E-state index >= 15 is 0 Å². The van der Waals surface area contributed by atoms with Crippen molar-refractivity contribution in [1.82, 2.24) is 15.1 Å². The maximum absolute atomic E-state index is 12.0. The van der Waals surface area contributed by atoms with Crippen LogP contribution in [0.2, 0.25) is 0 Å². The first-order chi connectivity index (χ1) is 9.20. The van der Waals surface area contributed by atoms with E-state index in [1.165, 1.54) is 45.2 Å². The van der Waals surface area contributed by atoms with Gasteiger partial charge in [-0.25, -0.2) is 0 Å². The third kappa shape index (κ3) is 4.18. The molecule has 2 heterocycles. The number of rotatable bonds is 4. The second kappa shape index (κ2) is 7.25. The van der Waals surface area contributed by atoms with Gasteiger partial charge in [0.15, 0.2) is 0 Å². The summed E-state index contributed by atoms with van der Waals surface area (Å²) in [5.41, 5.74) is 0. The zero-order valence-electron chi connectivity index (χ0n) is 12.5. The van der Waals surface area contributed by atoms with Crippen LogP contribution in [0.1, 0.15) is 39.0 Å². The summed E-state index contributed by atoms with van der Waals surface area (Å²) < 4.78 is 0. The van der Waals surface area contributed by atoms with Crippen LogP contribution in [0, 0.1) is 5.92 Å². The van der Waals surface area contributed by atoms with E-state index in [1.807, 2.05) is 7.05 Å². The lowest BCUT2D eigenvalue weighted by atomic mass is 9.94. The number of likely N-dealkylation sites (tertiary alicyclic amines) is 2. The molecule has 4 nitrogen and oxygen atoms in total. The summed E-state index contributed by atoms with van der Waals surface area (Å²) in [6, 6.07) is 0.733. The number of piperidine rings is 2. The molecule has 0 aromatic heterocycles. The highest BCUT2D eigenvalue weighted by Crippen LogP contribution is 2.22. The van der Waals surface area contributed by atoms with E-state index < -0.39 is 0 Å². The predicted molar refractivity (Wildman–Crippen MR) is 78.1 cm³/mol. The summed E-state index contributed by atoms with van der Waals surface area (Å²) in [6.45, 7) is 7.18. The molecule has 2 aliphatic heterocycles. The van der Waals surface area contributed by atoms with E-state index in [9.17, 15) is 4.79 Å². The van der Waals surface area contributed by atoms with Crippen molar-refractivity contribution in [3.8, 4) is 0 Å². The second-order valence-corrected chi connectivity index (χ2v) is 6.22. The molecule has 2 rings (SSSR count). The van der Waals surface area contributed by atoms with Crippen LogP contribution in [-0.4, -0.2) is 61.5 Å². The van der Waals surface area contributed by atoms with Crippen molar-refractivity contribution in [2.75, 3.05) is 39.8 Å². The summed E-state index contributed by atoms with van der Waals surface area (Å²) in [5, 5.41) is 2.97. The Kier molecular flexibility index (Phi) is 5.64. The summed E-state index contributed by atoms with van der Waals surface area (Å²) in [4.78, 5) is 16.6. The molecule has 0 radical (unpaired) electrons.